The van der Waals surface area contributed by atoms with Crippen LogP contribution in [0.3, 0.4) is 0 Å². The van der Waals surface area contributed by atoms with Crippen molar-refractivity contribution in [1.82, 2.24) is 0 Å². The van der Waals surface area contributed by atoms with Crippen molar-refractivity contribution >= 4 is 0 Å². The fourth-order valence-corrected chi connectivity index (χ4v) is 0.129. The summed E-state index contributed by atoms with van der Waals surface area (Å²) in [4.78, 5) is 5.04. The van der Waals surface area contributed by atoms with Crippen molar-refractivity contribution in [2.45, 2.75) is 6.92 Å². The molecule has 0 aliphatic heterocycles. The highest BCUT2D eigenvalue weighted by Gasteiger charge is 1.78. The third-order valence-corrected chi connectivity index (χ3v) is 0.481. The Hall–Kier alpha value is -0.600. The molecule has 0 aliphatic rings. The van der Waals surface area contributed by atoms with Crippen LogP contribution < -0.4 is 0 Å². The summed E-state index contributed by atoms with van der Waals surface area (Å²) >= 11 is 0. The molecule has 6 heavy (non-hydrogen) atoms. The summed E-state index contributed by atoms with van der Waals surface area (Å²) in [7, 11) is 1.41. The second-order valence-electron chi connectivity index (χ2n) is 0.851. The topological polar surface area (TPSA) is 34.5 Å². The molecule has 0 bridgehead atoms. The van der Waals surface area contributed by atoms with Gasteiger partial charge in [0.15, 0.2) is 6.54 Å². The quantitative estimate of drug-likeness (QED) is 0.276. The number of hydrogen-bond acceptors (Lipinski definition) is 1. The van der Waals surface area contributed by atoms with Gasteiger partial charge in [0.05, 0.1) is 0 Å². The predicted molar refractivity (Wildman–Crippen MR) is 21.2 cm³/mol. The molecule has 0 spiro atoms. The van der Waals surface area contributed by atoms with E-state index >= 15 is 0 Å². The maximum Gasteiger partial charge on any atom is 0.177 e. The Bertz CT molecular complexity index is 46.8. The smallest absolute Gasteiger partial charge is 0.177 e. The third kappa shape index (κ3) is 1.69. The van der Waals surface area contributed by atoms with E-state index in [1.807, 2.05) is 0 Å². The van der Waals surface area contributed by atoms with E-state index in [0.717, 1.165) is 4.86 Å². The van der Waals surface area contributed by atoms with Crippen LogP contribution in [0.25, 0.3) is 5.53 Å². The summed E-state index contributed by atoms with van der Waals surface area (Å²) < 4.78 is 0. The number of hydroxylamine groups is 1. The zero-order chi connectivity index (χ0) is 4.99. The van der Waals surface area contributed by atoms with Crippen LogP contribution in [0.5, 0.6) is 0 Å². The normalized spacial score (nSPS) is 7.67. The summed E-state index contributed by atoms with van der Waals surface area (Å²) in [5, 5.41) is 0. The van der Waals surface area contributed by atoms with E-state index in [1.54, 1.807) is 6.92 Å². The summed E-state index contributed by atoms with van der Waals surface area (Å²) in [5.41, 5.74) is 8.28. The van der Waals surface area contributed by atoms with Gasteiger partial charge in [0, 0.05) is 0 Å². The van der Waals surface area contributed by atoms with Gasteiger partial charge in [0.25, 0.3) is 0 Å². The van der Waals surface area contributed by atoms with E-state index in [2.05, 4.69) is 4.84 Å². The molecule has 0 atom stereocenters. The molecule has 3 nitrogen and oxygen atoms in total. The molecule has 3 heteroatoms. The molecule has 0 radical (unpaired) electrons. The Labute approximate surface area is 37.0 Å². The van der Waals surface area contributed by atoms with Crippen molar-refractivity contribution in [3.05, 3.63) is 5.53 Å². The van der Waals surface area contributed by atoms with Crippen molar-refractivity contribution in [2.75, 3.05) is 13.7 Å². The first-order valence-electron chi connectivity index (χ1n) is 1.81. The molecule has 0 aromatic rings. The highest BCUT2D eigenvalue weighted by atomic mass is 16.7. The molecule has 0 fully saturated rings. The lowest BCUT2D eigenvalue weighted by Gasteiger charge is -1.93. The van der Waals surface area contributed by atoms with Gasteiger partial charge in [0.2, 0.25) is 0 Å². The molecular formula is C3H8N2O. The molecular weight excluding hydrogens is 80.0 g/mol. The largest absolute Gasteiger partial charge is 0.451 e. The van der Waals surface area contributed by atoms with Crippen LogP contribution in [-0.4, -0.2) is 18.5 Å². The predicted octanol–water partition coefficient (Wildman–Crippen LogP) is 0.602. The van der Waals surface area contributed by atoms with Gasteiger partial charge >= 0.3 is 0 Å². The Morgan fingerprint density at radius 1 is 1.83 bits per heavy atom. The van der Waals surface area contributed by atoms with Crippen molar-refractivity contribution in [2.24, 2.45) is 0 Å². The zero-order valence-corrected chi connectivity index (χ0v) is 4.01. The van der Waals surface area contributed by atoms with Gasteiger partial charge in [-0.1, -0.05) is 0 Å². The highest BCUT2D eigenvalue weighted by Crippen LogP contribution is 1.67. The molecule has 0 aromatic heterocycles. The molecule has 0 amide bonds. The SMILES string of the molecule is CC[N+](=[N-])OC. The monoisotopic (exact) mass is 88.1 g/mol. The lowest BCUT2D eigenvalue weighted by atomic mass is 10.8. The molecule has 0 aromatic carbocycles. The van der Waals surface area contributed by atoms with Crippen molar-refractivity contribution in [1.29, 1.82) is 0 Å². The van der Waals surface area contributed by atoms with E-state index in [-0.39, 0.29) is 0 Å². The first kappa shape index (κ1) is 5.40. The standard InChI is InChI=1S/C3H8N2O/c1-3-5(4)6-2/h3H2,1-2H3. The second kappa shape index (κ2) is 2.63. The van der Waals surface area contributed by atoms with Gasteiger partial charge in [-0.2, -0.15) is 0 Å². The highest BCUT2D eigenvalue weighted by molar-refractivity contribution is 3.91. The summed E-state index contributed by atoms with van der Waals surface area (Å²) in [6.45, 7) is 2.28. The second-order valence-corrected chi connectivity index (χ2v) is 0.851. The van der Waals surface area contributed by atoms with Gasteiger partial charge in [-0.05, 0) is 6.92 Å². The first-order chi connectivity index (χ1) is 2.81. The Morgan fingerprint density at radius 3 is 2.33 bits per heavy atom. The Morgan fingerprint density at radius 2 is 2.33 bits per heavy atom. The molecule has 0 N–H and O–H groups in total. The van der Waals surface area contributed by atoms with Crippen LogP contribution in [0.2, 0.25) is 0 Å². The van der Waals surface area contributed by atoms with Gasteiger partial charge in [-0.3, -0.25) is 4.84 Å². The fraction of sp³-hybridized carbons (Fsp3) is 1.00. The first-order valence-corrected chi connectivity index (χ1v) is 1.81. The molecule has 0 saturated carbocycles. The molecule has 0 aliphatic carbocycles. The van der Waals surface area contributed by atoms with Crippen molar-refractivity contribution < 1.29 is 9.70 Å². The average molecular weight is 88.1 g/mol. The minimum atomic E-state index is 0.497. The van der Waals surface area contributed by atoms with Crippen molar-refractivity contribution in [3.8, 4) is 0 Å². The van der Waals surface area contributed by atoms with E-state index < -0.39 is 0 Å². The fourth-order valence-electron chi connectivity index (χ4n) is 0.129. The lowest BCUT2D eigenvalue weighted by molar-refractivity contribution is -0.794. The maximum atomic E-state index is 8.28. The summed E-state index contributed by atoms with van der Waals surface area (Å²) in [6.07, 6.45) is 0. The zero-order valence-electron chi connectivity index (χ0n) is 4.01. The molecule has 0 rings (SSSR count). The van der Waals surface area contributed by atoms with Gasteiger partial charge in [-0.25, -0.2) is 0 Å². The van der Waals surface area contributed by atoms with Gasteiger partial charge in [-0.15, -0.1) is 4.86 Å². The summed E-state index contributed by atoms with van der Waals surface area (Å²) in [5.74, 6) is 0. The molecule has 36 valence electrons. The average Bonchev–Trinajstić information content (AvgIpc) is 1.65. The van der Waals surface area contributed by atoms with E-state index in [4.69, 9.17) is 5.53 Å². The van der Waals surface area contributed by atoms with Gasteiger partial charge in [0.1, 0.15) is 7.11 Å². The van der Waals surface area contributed by atoms with E-state index in [9.17, 15) is 0 Å². The molecule has 0 saturated heterocycles. The Kier molecular flexibility index (Phi) is 2.36. The minimum Gasteiger partial charge on any atom is -0.451 e. The van der Waals surface area contributed by atoms with Gasteiger partial charge < -0.3 is 5.53 Å². The van der Waals surface area contributed by atoms with Crippen LogP contribution >= 0.6 is 0 Å². The lowest BCUT2D eigenvalue weighted by Crippen LogP contribution is -2.01. The van der Waals surface area contributed by atoms with E-state index in [0.29, 0.717) is 6.54 Å². The molecule has 0 heterocycles. The number of rotatable bonds is 2. The van der Waals surface area contributed by atoms with Crippen LogP contribution in [0.4, 0.5) is 0 Å². The number of hydrogen-bond donors (Lipinski definition) is 0. The Balaban J connectivity index is 2.99. The maximum absolute atomic E-state index is 8.28. The number of nitrogens with zero attached hydrogens (tertiary/aromatic N) is 2. The van der Waals surface area contributed by atoms with Crippen LogP contribution in [-0.2, 0) is 4.84 Å². The van der Waals surface area contributed by atoms with E-state index in [1.165, 1.54) is 7.11 Å². The molecule has 0 unspecified atom stereocenters. The minimum absolute atomic E-state index is 0.497. The van der Waals surface area contributed by atoms with Crippen LogP contribution in [0.15, 0.2) is 0 Å². The van der Waals surface area contributed by atoms with Crippen LogP contribution in [0, 0.1) is 0 Å². The van der Waals surface area contributed by atoms with Crippen LogP contribution in [0.1, 0.15) is 6.92 Å². The van der Waals surface area contributed by atoms with Crippen molar-refractivity contribution in [3.63, 3.8) is 0 Å². The summed E-state index contributed by atoms with van der Waals surface area (Å²) in [6, 6.07) is 0. The third-order valence-electron chi connectivity index (χ3n) is 0.481.